The van der Waals surface area contributed by atoms with Gasteiger partial charge in [0.15, 0.2) is 5.79 Å². The number of ether oxygens (including phenoxy) is 2. The first-order valence-electron chi connectivity index (χ1n) is 10.2. The average molecular weight is 346 g/mol. The summed E-state index contributed by atoms with van der Waals surface area (Å²) in [6.07, 6.45) is 11.3. The van der Waals surface area contributed by atoms with Crippen LogP contribution in [-0.4, -0.2) is 43.8 Å². The summed E-state index contributed by atoms with van der Waals surface area (Å²) in [5.41, 5.74) is 0. The molecule has 0 rings (SSSR count). The second kappa shape index (κ2) is 16.3. The number of hydrogen-bond donors (Lipinski definition) is 2. The molecule has 0 aromatic heterocycles. The van der Waals surface area contributed by atoms with E-state index in [1.165, 1.54) is 44.9 Å². The van der Waals surface area contributed by atoms with Crippen LogP contribution in [0.25, 0.3) is 0 Å². The van der Waals surface area contributed by atoms with Crippen molar-refractivity contribution < 1.29 is 14.6 Å². The van der Waals surface area contributed by atoms with Crippen molar-refractivity contribution in [2.45, 2.75) is 91.3 Å². The van der Waals surface area contributed by atoms with Crippen LogP contribution in [0.5, 0.6) is 0 Å². The first-order valence-corrected chi connectivity index (χ1v) is 10.2. The minimum Gasteiger partial charge on any atom is -0.395 e. The van der Waals surface area contributed by atoms with Crippen LogP contribution in [0.15, 0.2) is 0 Å². The summed E-state index contributed by atoms with van der Waals surface area (Å²) >= 11 is 0. The second-order valence-corrected chi connectivity index (χ2v) is 6.75. The van der Waals surface area contributed by atoms with Gasteiger partial charge in [-0.25, -0.2) is 0 Å². The Hall–Kier alpha value is -0.160. The molecule has 0 heterocycles. The molecule has 1 unspecified atom stereocenters. The normalized spacial score (nSPS) is 13.4. The number of hydrogen-bond acceptors (Lipinski definition) is 4. The highest BCUT2D eigenvalue weighted by Gasteiger charge is 2.34. The molecular formula is C20H43NO3. The number of aliphatic hydroxyl groups is 1. The average Bonchev–Trinajstić information content (AvgIpc) is 2.56. The monoisotopic (exact) mass is 345 g/mol. The zero-order valence-electron chi connectivity index (χ0n) is 16.7. The molecule has 0 bridgehead atoms. The third kappa shape index (κ3) is 11.4. The first-order chi connectivity index (χ1) is 11.6. The molecule has 0 spiro atoms. The van der Waals surface area contributed by atoms with Crippen LogP contribution < -0.4 is 5.32 Å². The van der Waals surface area contributed by atoms with Gasteiger partial charge in [-0.3, -0.25) is 0 Å². The summed E-state index contributed by atoms with van der Waals surface area (Å²) in [6.45, 7) is 11.7. The van der Waals surface area contributed by atoms with Crippen LogP contribution in [0.4, 0.5) is 0 Å². The number of unbranched alkanes of at least 4 members (excludes halogenated alkanes) is 5. The molecule has 1 atom stereocenters. The van der Waals surface area contributed by atoms with Gasteiger partial charge in [-0.1, -0.05) is 45.4 Å². The third-order valence-electron chi connectivity index (χ3n) is 4.70. The Morgan fingerprint density at radius 1 is 0.833 bits per heavy atom. The number of aliphatic hydroxyl groups excluding tert-OH is 1. The predicted molar refractivity (Wildman–Crippen MR) is 102 cm³/mol. The van der Waals surface area contributed by atoms with Crippen molar-refractivity contribution in [1.29, 1.82) is 0 Å². The molecule has 0 aliphatic rings. The van der Waals surface area contributed by atoms with Gasteiger partial charge in [-0.2, -0.15) is 0 Å². The van der Waals surface area contributed by atoms with Gasteiger partial charge in [-0.05, 0) is 46.6 Å². The fraction of sp³-hybridized carbons (Fsp3) is 1.00. The van der Waals surface area contributed by atoms with Crippen LogP contribution >= 0.6 is 0 Å². The van der Waals surface area contributed by atoms with Gasteiger partial charge in [0.25, 0.3) is 0 Å². The molecule has 0 saturated heterocycles. The van der Waals surface area contributed by atoms with Gasteiger partial charge < -0.3 is 19.9 Å². The molecule has 0 aromatic rings. The summed E-state index contributed by atoms with van der Waals surface area (Å²) in [6, 6.07) is 0. The van der Waals surface area contributed by atoms with E-state index in [1.807, 2.05) is 13.8 Å². The summed E-state index contributed by atoms with van der Waals surface area (Å²) in [5, 5.41) is 12.1. The van der Waals surface area contributed by atoms with Gasteiger partial charge in [-0.15, -0.1) is 0 Å². The molecule has 24 heavy (non-hydrogen) atoms. The van der Waals surface area contributed by atoms with E-state index in [9.17, 15) is 0 Å². The summed E-state index contributed by atoms with van der Waals surface area (Å²) in [7, 11) is 0. The maximum atomic E-state index is 8.85. The van der Waals surface area contributed by atoms with Crippen molar-refractivity contribution in [3.63, 3.8) is 0 Å². The smallest absolute Gasteiger partial charge is 0.168 e. The molecule has 146 valence electrons. The predicted octanol–water partition coefficient (Wildman–Crippen LogP) is 4.50. The molecule has 0 aliphatic carbocycles. The van der Waals surface area contributed by atoms with Crippen LogP contribution in [0.2, 0.25) is 0 Å². The van der Waals surface area contributed by atoms with Gasteiger partial charge >= 0.3 is 0 Å². The summed E-state index contributed by atoms with van der Waals surface area (Å²) in [5.74, 6) is -0.0383. The number of nitrogens with one attached hydrogen (secondary N) is 1. The molecule has 4 nitrogen and oxygen atoms in total. The Balaban J connectivity index is 4.39. The fourth-order valence-corrected chi connectivity index (χ4v) is 3.37. The van der Waals surface area contributed by atoms with E-state index in [0.717, 1.165) is 19.4 Å². The molecule has 0 radical (unpaired) electrons. The van der Waals surface area contributed by atoms with Crippen molar-refractivity contribution in [2.24, 2.45) is 5.92 Å². The Morgan fingerprint density at radius 2 is 1.42 bits per heavy atom. The molecule has 0 saturated carbocycles. The molecule has 0 amide bonds. The zero-order chi connectivity index (χ0) is 18.1. The van der Waals surface area contributed by atoms with E-state index >= 15 is 0 Å². The maximum Gasteiger partial charge on any atom is 0.168 e. The maximum absolute atomic E-state index is 8.85. The van der Waals surface area contributed by atoms with Gasteiger partial charge in [0.1, 0.15) is 0 Å². The third-order valence-corrected chi connectivity index (χ3v) is 4.70. The lowest BCUT2D eigenvalue weighted by molar-refractivity contribution is -0.254. The lowest BCUT2D eigenvalue weighted by atomic mass is 9.88. The standard InChI is InChI=1S/C20H43NO3/c1-5-8-9-10-11-12-14-19(15-13-16-21-17-18-22)20(4,23-6-2)24-7-3/h19,21-22H,5-18H2,1-4H3. The van der Waals surface area contributed by atoms with Crippen molar-refractivity contribution in [2.75, 3.05) is 32.9 Å². The Bertz CT molecular complexity index is 255. The van der Waals surface area contributed by atoms with E-state index in [2.05, 4.69) is 19.2 Å². The van der Waals surface area contributed by atoms with Crippen molar-refractivity contribution in [1.82, 2.24) is 5.32 Å². The van der Waals surface area contributed by atoms with E-state index in [1.54, 1.807) is 0 Å². The number of rotatable bonds is 18. The molecule has 2 N–H and O–H groups in total. The van der Waals surface area contributed by atoms with Crippen molar-refractivity contribution in [3.8, 4) is 0 Å². The minimum absolute atomic E-state index is 0.205. The molecule has 0 fully saturated rings. The summed E-state index contributed by atoms with van der Waals surface area (Å²) < 4.78 is 12.0. The van der Waals surface area contributed by atoms with Gasteiger partial charge in [0.05, 0.1) is 6.61 Å². The fourth-order valence-electron chi connectivity index (χ4n) is 3.37. The van der Waals surface area contributed by atoms with E-state index in [0.29, 0.717) is 25.7 Å². The highest BCUT2D eigenvalue weighted by Crippen LogP contribution is 2.32. The van der Waals surface area contributed by atoms with Crippen LogP contribution in [-0.2, 0) is 9.47 Å². The highest BCUT2D eigenvalue weighted by molar-refractivity contribution is 4.76. The van der Waals surface area contributed by atoms with Crippen LogP contribution in [0.1, 0.15) is 85.5 Å². The molecule has 4 heteroatoms. The first kappa shape index (κ1) is 23.8. The quantitative estimate of drug-likeness (QED) is 0.283. The topological polar surface area (TPSA) is 50.7 Å². The molecule has 0 aliphatic heterocycles. The van der Waals surface area contributed by atoms with E-state index in [4.69, 9.17) is 14.6 Å². The van der Waals surface area contributed by atoms with Gasteiger partial charge in [0, 0.05) is 25.7 Å². The summed E-state index contributed by atoms with van der Waals surface area (Å²) in [4.78, 5) is 0. The lowest BCUT2D eigenvalue weighted by Crippen LogP contribution is -2.41. The van der Waals surface area contributed by atoms with Gasteiger partial charge in [0.2, 0.25) is 0 Å². The molecule has 0 aromatic carbocycles. The van der Waals surface area contributed by atoms with Crippen molar-refractivity contribution >= 4 is 0 Å². The van der Waals surface area contributed by atoms with E-state index < -0.39 is 5.79 Å². The van der Waals surface area contributed by atoms with Crippen LogP contribution in [0.3, 0.4) is 0 Å². The molecular weight excluding hydrogens is 302 g/mol. The van der Waals surface area contributed by atoms with E-state index in [-0.39, 0.29) is 6.61 Å². The highest BCUT2D eigenvalue weighted by atomic mass is 16.7. The zero-order valence-corrected chi connectivity index (χ0v) is 16.7. The minimum atomic E-state index is -0.468. The Morgan fingerprint density at radius 3 is 2.00 bits per heavy atom. The Kier molecular flexibility index (Phi) is 16.2. The van der Waals surface area contributed by atoms with Crippen molar-refractivity contribution in [3.05, 3.63) is 0 Å². The van der Waals surface area contributed by atoms with Crippen LogP contribution in [0, 0.1) is 5.92 Å². The second-order valence-electron chi connectivity index (χ2n) is 6.75. The lowest BCUT2D eigenvalue weighted by Gasteiger charge is -2.37. The SMILES string of the molecule is CCCCCCCCC(CCCNCCO)C(C)(OCC)OCC. The Labute approximate surface area is 150 Å². The largest absolute Gasteiger partial charge is 0.395 e.